The lowest BCUT2D eigenvalue weighted by atomic mass is 9.96. The molecule has 5 rings (SSSR count). The number of rotatable bonds is 3. The lowest BCUT2D eigenvalue weighted by Gasteiger charge is -2.37. The predicted molar refractivity (Wildman–Crippen MR) is 112 cm³/mol. The van der Waals surface area contributed by atoms with Crippen LogP contribution in [-0.2, 0) is 4.79 Å². The van der Waals surface area contributed by atoms with E-state index in [1.165, 1.54) is 11.3 Å². The van der Waals surface area contributed by atoms with Gasteiger partial charge in [-0.2, -0.15) is 0 Å². The molecule has 2 aliphatic heterocycles. The fourth-order valence-electron chi connectivity index (χ4n) is 4.05. The van der Waals surface area contributed by atoms with Crippen molar-refractivity contribution in [3.63, 3.8) is 0 Å². The summed E-state index contributed by atoms with van der Waals surface area (Å²) < 4.78 is 5.43. The van der Waals surface area contributed by atoms with Crippen molar-refractivity contribution < 1.29 is 18.8 Å². The van der Waals surface area contributed by atoms with Gasteiger partial charge in [0.05, 0.1) is 22.4 Å². The maximum Gasteiger partial charge on any atom is 0.261 e. The average molecular weight is 421 g/mol. The van der Waals surface area contributed by atoms with Crippen LogP contribution in [0.1, 0.15) is 32.9 Å². The number of carbonyl (C=O) groups excluding carboxylic acids is 3. The number of nitrogens with one attached hydrogen (secondary N) is 2. The van der Waals surface area contributed by atoms with Crippen molar-refractivity contribution in [1.29, 1.82) is 0 Å². The van der Waals surface area contributed by atoms with Gasteiger partial charge in [-0.3, -0.25) is 14.4 Å². The smallest absolute Gasteiger partial charge is 0.261 e. The summed E-state index contributed by atoms with van der Waals surface area (Å²) in [5.74, 6) is 0.0932. The van der Waals surface area contributed by atoms with Gasteiger partial charge in [0.15, 0.2) is 0 Å². The largest absolute Gasteiger partial charge is 0.464 e. The topological polar surface area (TPSA) is 91.7 Å². The van der Waals surface area contributed by atoms with Gasteiger partial charge in [0.1, 0.15) is 11.8 Å². The normalized spacial score (nSPS) is 20.7. The molecule has 3 aromatic rings. The molecule has 4 heterocycles. The standard InChI is InChI=1S/C22H19N3O4S/c26-20-17-12-14(23-21(27)19-4-2-10-30-19)7-8-25(17)22(28)15-11-13(5-6-16(15)24-20)18-3-1-9-29-18/h1-6,9-11,14,17H,7-8,12H2,(H,23,27)(H,24,26). The van der Waals surface area contributed by atoms with E-state index in [-0.39, 0.29) is 23.8 Å². The highest BCUT2D eigenvalue weighted by Crippen LogP contribution is 2.32. The van der Waals surface area contributed by atoms with Crippen LogP contribution in [0.3, 0.4) is 0 Å². The highest BCUT2D eigenvalue weighted by atomic mass is 32.1. The predicted octanol–water partition coefficient (Wildman–Crippen LogP) is 3.36. The van der Waals surface area contributed by atoms with E-state index in [2.05, 4.69) is 10.6 Å². The molecule has 1 saturated heterocycles. The second-order valence-electron chi connectivity index (χ2n) is 7.41. The molecule has 7 nitrogen and oxygen atoms in total. The molecule has 3 amide bonds. The molecule has 0 bridgehead atoms. The number of piperidine rings is 1. The molecular formula is C22H19N3O4S. The Kier molecular flexibility index (Phi) is 4.63. The highest BCUT2D eigenvalue weighted by molar-refractivity contribution is 7.12. The summed E-state index contributed by atoms with van der Waals surface area (Å²) in [7, 11) is 0. The van der Waals surface area contributed by atoms with Gasteiger partial charge in [0.2, 0.25) is 5.91 Å². The fraction of sp³-hybridized carbons (Fsp3) is 0.227. The number of fused-ring (bicyclic) bond motifs is 2. The van der Waals surface area contributed by atoms with Crippen molar-refractivity contribution in [1.82, 2.24) is 10.2 Å². The van der Waals surface area contributed by atoms with Crippen molar-refractivity contribution in [2.45, 2.75) is 24.9 Å². The van der Waals surface area contributed by atoms with E-state index in [9.17, 15) is 14.4 Å². The van der Waals surface area contributed by atoms with Gasteiger partial charge in [-0.1, -0.05) is 6.07 Å². The van der Waals surface area contributed by atoms with Crippen molar-refractivity contribution in [2.24, 2.45) is 0 Å². The lowest BCUT2D eigenvalue weighted by Crippen LogP contribution is -2.54. The molecule has 8 heteroatoms. The molecule has 2 N–H and O–H groups in total. The van der Waals surface area contributed by atoms with Gasteiger partial charge in [0, 0.05) is 18.2 Å². The van der Waals surface area contributed by atoms with E-state index in [4.69, 9.17) is 4.42 Å². The van der Waals surface area contributed by atoms with Crippen LogP contribution >= 0.6 is 11.3 Å². The van der Waals surface area contributed by atoms with Crippen molar-refractivity contribution in [2.75, 3.05) is 11.9 Å². The fourth-order valence-corrected chi connectivity index (χ4v) is 4.68. The van der Waals surface area contributed by atoms with E-state index in [1.807, 2.05) is 23.6 Å². The van der Waals surface area contributed by atoms with E-state index in [0.717, 1.165) is 5.56 Å². The van der Waals surface area contributed by atoms with Crippen LogP contribution in [0.15, 0.2) is 58.5 Å². The highest BCUT2D eigenvalue weighted by Gasteiger charge is 2.40. The van der Waals surface area contributed by atoms with Crippen LogP contribution in [0.4, 0.5) is 5.69 Å². The Morgan fingerprint density at radius 2 is 2.10 bits per heavy atom. The third kappa shape index (κ3) is 3.29. The first-order chi connectivity index (χ1) is 14.6. The van der Waals surface area contributed by atoms with Gasteiger partial charge in [-0.15, -0.1) is 11.3 Å². The lowest BCUT2D eigenvalue weighted by molar-refractivity contribution is -0.121. The molecule has 152 valence electrons. The number of nitrogens with zero attached hydrogens (tertiary/aromatic N) is 1. The SMILES string of the molecule is O=C(NC1CCN2C(=O)c3cc(-c4ccco4)ccc3NC(=O)C2C1)c1cccs1. The third-order valence-corrected chi connectivity index (χ3v) is 6.43. The molecule has 0 spiro atoms. The van der Waals surface area contributed by atoms with Crippen molar-refractivity contribution in [3.8, 4) is 11.3 Å². The Hall–Kier alpha value is -3.39. The number of thiophene rings is 1. The van der Waals surface area contributed by atoms with Gasteiger partial charge in [-0.05, 0) is 54.6 Å². The van der Waals surface area contributed by atoms with E-state index in [0.29, 0.717) is 41.3 Å². The zero-order chi connectivity index (χ0) is 20.7. The Morgan fingerprint density at radius 1 is 1.20 bits per heavy atom. The first kappa shape index (κ1) is 18.6. The van der Waals surface area contributed by atoms with Gasteiger partial charge in [0.25, 0.3) is 11.8 Å². The quantitative estimate of drug-likeness (QED) is 0.678. The van der Waals surface area contributed by atoms with Crippen molar-refractivity contribution in [3.05, 3.63) is 64.5 Å². The van der Waals surface area contributed by atoms with Crippen LogP contribution in [0.2, 0.25) is 0 Å². The molecule has 1 aromatic carbocycles. The Labute approximate surface area is 176 Å². The number of benzene rings is 1. The minimum absolute atomic E-state index is 0.143. The van der Waals surface area contributed by atoms with Crippen LogP contribution < -0.4 is 10.6 Å². The second-order valence-corrected chi connectivity index (χ2v) is 8.36. The van der Waals surface area contributed by atoms with Crippen LogP contribution in [0.25, 0.3) is 11.3 Å². The summed E-state index contributed by atoms with van der Waals surface area (Å²) in [4.78, 5) is 40.8. The van der Waals surface area contributed by atoms with Crippen LogP contribution in [0.5, 0.6) is 0 Å². The van der Waals surface area contributed by atoms with E-state index < -0.39 is 6.04 Å². The first-order valence-electron chi connectivity index (χ1n) is 9.74. The molecule has 2 aromatic heterocycles. The molecule has 1 fully saturated rings. The monoisotopic (exact) mass is 421 g/mol. The molecule has 2 unspecified atom stereocenters. The summed E-state index contributed by atoms with van der Waals surface area (Å²) in [6, 6.07) is 11.7. The zero-order valence-electron chi connectivity index (χ0n) is 16.0. The van der Waals surface area contributed by atoms with E-state index >= 15 is 0 Å². The minimum atomic E-state index is -0.626. The zero-order valence-corrected chi connectivity index (χ0v) is 16.8. The number of hydrogen-bond acceptors (Lipinski definition) is 5. The third-order valence-electron chi connectivity index (χ3n) is 5.56. The second kappa shape index (κ2) is 7.46. The number of anilines is 1. The summed E-state index contributed by atoms with van der Waals surface area (Å²) in [6.45, 7) is 0.400. The number of amides is 3. The van der Waals surface area contributed by atoms with Gasteiger partial charge >= 0.3 is 0 Å². The Balaban J connectivity index is 1.38. The summed E-state index contributed by atoms with van der Waals surface area (Å²) >= 11 is 1.37. The Morgan fingerprint density at radius 3 is 2.87 bits per heavy atom. The summed E-state index contributed by atoms with van der Waals surface area (Å²) in [5.41, 5.74) is 1.72. The summed E-state index contributed by atoms with van der Waals surface area (Å²) in [5, 5.41) is 7.73. The van der Waals surface area contributed by atoms with E-state index in [1.54, 1.807) is 35.4 Å². The number of hydrogen-bond donors (Lipinski definition) is 2. The molecule has 0 aliphatic carbocycles. The molecule has 2 aliphatic rings. The van der Waals surface area contributed by atoms with Crippen molar-refractivity contribution >= 4 is 34.7 Å². The van der Waals surface area contributed by atoms with Crippen LogP contribution in [0, 0.1) is 0 Å². The Bertz CT molecular complexity index is 1110. The molecule has 30 heavy (non-hydrogen) atoms. The molecular weight excluding hydrogens is 402 g/mol. The van der Waals surface area contributed by atoms with Gasteiger partial charge < -0.3 is 20.0 Å². The average Bonchev–Trinajstić information content (AvgIpc) is 3.46. The molecule has 2 atom stereocenters. The first-order valence-corrected chi connectivity index (χ1v) is 10.6. The summed E-state index contributed by atoms with van der Waals surface area (Å²) in [6.07, 6.45) is 2.56. The number of carbonyl (C=O) groups is 3. The minimum Gasteiger partial charge on any atom is -0.464 e. The molecule has 0 saturated carbocycles. The van der Waals surface area contributed by atoms with Crippen LogP contribution in [-0.4, -0.2) is 41.2 Å². The molecule has 0 radical (unpaired) electrons. The maximum atomic E-state index is 13.3. The maximum absolute atomic E-state index is 13.3. The van der Waals surface area contributed by atoms with Gasteiger partial charge in [-0.25, -0.2) is 0 Å². The number of furan rings is 1.